The van der Waals surface area contributed by atoms with Crippen LogP contribution in [0.1, 0.15) is 32.9 Å². The molecule has 0 aliphatic rings. The molecule has 30 heavy (non-hydrogen) atoms. The molecule has 0 radical (unpaired) electrons. The van der Waals surface area contributed by atoms with E-state index < -0.39 is 16.7 Å². The Labute approximate surface area is 177 Å². The Kier molecular flexibility index (Phi) is 8.63. The van der Waals surface area contributed by atoms with Gasteiger partial charge in [0.05, 0.1) is 17.1 Å². The first-order chi connectivity index (χ1) is 14.5. The van der Waals surface area contributed by atoms with Crippen LogP contribution in [0.3, 0.4) is 0 Å². The van der Waals surface area contributed by atoms with Crippen LogP contribution in [0.25, 0.3) is 11.0 Å². The molecule has 158 valence electrons. The number of allylic oxidation sites excluding steroid dienone is 6. The first-order valence-corrected chi connectivity index (χ1v) is 11.0. The van der Waals surface area contributed by atoms with E-state index in [1.165, 1.54) is 12.2 Å². The number of aromatic amines is 1. The molecule has 0 unspecified atom stereocenters. The zero-order valence-corrected chi connectivity index (χ0v) is 18.2. The van der Waals surface area contributed by atoms with Gasteiger partial charge in [0.1, 0.15) is 12.3 Å². The molecule has 0 atom stereocenters. The van der Waals surface area contributed by atoms with Crippen molar-refractivity contribution >= 4 is 21.1 Å². The fourth-order valence-electron chi connectivity index (χ4n) is 2.82. The molecule has 0 saturated carbocycles. The molecule has 7 heteroatoms. The fraction of sp³-hybridized carbons (Fsp3) is 0.261. The van der Waals surface area contributed by atoms with Crippen LogP contribution in [0, 0.1) is 11.8 Å². The molecule has 0 fully saturated rings. The molecule has 0 saturated heterocycles. The number of fused-ring (bicyclic) bond motifs is 1. The molecule has 0 amide bonds. The van der Waals surface area contributed by atoms with Gasteiger partial charge in [-0.3, -0.25) is 4.31 Å². The average Bonchev–Trinajstić information content (AvgIpc) is 3.16. The van der Waals surface area contributed by atoms with Gasteiger partial charge in [0.25, 0.3) is 10.0 Å². The van der Waals surface area contributed by atoms with Gasteiger partial charge in [0, 0.05) is 23.7 Å². The molecular formula is C23H26FN3O2S. The van der Waals surface area contributed by atoms with E-state index in [0.29, 0.717) is 12.1 Å². The van der Waals surface area contributed by atoms with E-state index >= 15 is 0 Å². The third kappa shape index (κ3) is 5.71. The summed E-state index contributed by atoms with van der Waals surface area (Å²) < 4.78 is 40.1. The maximum Gasteiger partial charge on any atom is 0.264 e. The van der Waals surface area contributed by atoms with Crippen LogP contribution in [-0.4, -0.2) is 35.9 Å². The maximum absolute atomic E-state index is 13.1. The highest BCUT2D eigenvalue weighted by molar-refractivity contribution is 7.93. The highest BCUT2D eigenvalue weighted by atomic mass is 32.2. The Hall–Kier alpha value is -3.11. The average molecular weight is 428 g/mol. The van der Waals surface area contributed by atoms with Crippen molar-refractivity contribution in [3.05, 3.63) is 77.1 Å². The van der Waals surface area contributed by atoms with Crippen LogP contribution in [0.15, 0.2) is 71.5 Å². The van der Waals surface area contributed by atoms with Gasteiger partial charge in [-0.05, 0) is 57.0 Å². The summed E-state index contributed by atoms with van der Waals surface area (Å²) in [6.45, 7) is 4.05. The van der Waals surface area contributed by atoms with Gasteiger partial charge in [-0.2, -0.15) is 0 Å². The second kappa shape index (κ2) is 11.2. The number of nitrogens with one attached hydrogen (secondary N) is 1. The number of rotatable bonds is 8. The minimum absolute atomic E-state index is 0.124. The zero-order valence-electron chi connectivity index (χ0n) is 17.4. The highest BCUT2D eigenvalue weighted by Crippen LogP contribution is 2.21. The van der Waals surface area contributed by atoms with Crippen LogP contribution in [-0.2, 0) is 10.0 Å². The van der Waals surface area contributed by atoms with Crippen molar-refractivity contribution in [3.63, 3.8) is 0 Å². The van der Waals surface area contributed by atoms with Crippen molar-refractivity contribution in [3.8, 4) is 11.8 Å². The van der Waals surface area contributed by atoms with Gasteiger partial charge < -0.3 is 4.98 Å². The van der Waals surface area contributed by atoms with E-state index in [-0.39, 0.29) is 11.4 Å². The van der Waals surface area contributed by atoms with Crippen molar-refractivity contribution < 1.29 is 12.8 Å². The number of hydrogen-bond acceptors (Lipinski definition) is 3. The van der Waals surface area contributed by atoms with Crippen LogP contribution in [0.5, 0.6) is 0 Å². The largest absolute Gasteiger partial charge is 0.333 e. The first-order valence-electron chi connectivity index (χ1n) is 9.61. The van der Waals surface area contributed by atoms with Crippen LogP contribution < -0.4 is 0 Å². The predicted molar refractivity (Wildman–Crippen MR) is 121 cm³/mol. The number of H-pyrrole nitrogens is 1. The summed E-state index contributed by atoms with van der Waals surface area (Å²) in [6, 6.07) is 5.74. The molecule has 0 aliphatic heterocycles. The molecule has 5 nitrogen and oxygen atoms in total. The lowest BCUT2D eigenvalue weighted by Crippen LogP contribution is -2.32. The van der Waals surface area contributed by atoms with E-state index in [2.05, 4.69) is 21.8 Å². The Bertz CT molecular complexity index is 1110. The molecule has 2 aromatic heterocycles. The van der Waals surface area contributed by atoms with E-state index in [1.807, 2.05) is 18.2 Å². The number of alkyl halides is 1. The highest BCUT2D eigenvalue weighted by Gasteiger charge is 2.25. The lowest BCUT2D eigenvalue weighted by Gasteiger charge is -2.24. The summed E-state index contributed by atoms with van der Waals surface area (Å²) in [5.74, 6) is 6.05. The minimum atomic E-state index is -3.85. The monoisotopic (exact) mass is 427 g/mol. The number of nitrogens with zero attached hydrogens (tertiary/aromatic N) is 2. The van der Waals surface area contributed by atoms with Crippen LogP contribution >= 0.6 is 0 Å². The molecule has 2 rings (SSSR count). The third-order valence-electron chi connectivity index (χ3n) is 4.20. The lowest BCUT2D eigenvalue weighted by atomic mass is 10.3. The molecule has 0 bridgehead atoms. The maximum atomic E-state index is 13.1. The van der Waals surface area contributed by atoms with Gasteiger partial charge in [-0.1, -0.05) is 30.2 Å². The molecule has 2 aromatic rings. The lowest BCUT2D eigenvalue weighted by molar-refractivity contribution is 0.405. The van der Waals surface area contributed by atoms with Gasteiger partial charge in [-0.25, -0.2) is 17.8 Å². The van der Waals surface area contributed by atoms with Gasteiger partial charge >= 0.3 is 0 Å². The number of sulfonamides is 1. The van der Waals surface area contributed by atoms with Gasteiger partial charge in [0.15, 0.2) is 0 Å². The number of halogens is 1. The Morgan fingerprint density at radius 3 is 2.70 bits per heavy atom. The van der Waals surface area contributed by atoms with Gasteiger partial charge in [0.2, 0.25) is 0 Å². The minimum Gasteiger partial charge on any atom is -0.333 e. The number of hydrogen-bond donors (Lipinski definition) is 1. The third-order valence-corrected chi connectivity index (χ3v) is 6.14. The number of pyridine rings is 1. The summed E-state index contributed by atoms with van der Waals surface area (Å²) in [6.07, 6.45) is 11.8. The molecule has 0 spiro atoms. The van der Waals surface area contributed by atoms with Crippen LogP contribution in [0.4, 0.5) is 4.39 Å². The summed E-state index contributed by atoms with van der Waals surface area (Å²) in [5.41, 5.74) is 1.93. The summed E-state index contributed by atoms with van der Waals surface area (Å²) in [4.78, 5) is 7.48. The summed E-state index contributed by atoms with van der Waals surface area (Å²) in [7, 11) is -3.85. The normalized spacial score (nSPS) is 13.2. The second-order valence-corrected chi connectivity index (χ2v) is 8.07. The molecule has 0 aliphatic carbocycles. The van der Waals surface area contributed by atoms with Crippen molar-refractivity contribution in [2.24, 2.45) is 0 Å². The zero-order chi connectivity index (χ0) is 22.0. The van der Waals surface area contributed by atoms with Crippen molar-refractivity contribution in [2.75, 3.05) is 13.2 Å². The fourth-order valence-corrected chi connectivity index (χ4v) is 4.43. The summed E-state index contributed by atoms with van der Waals surface area (Å²) in [5, 5.41) is 0.988. The van der Waals surface area contributed by atoms with E-state index in [9.17, 15) is 12.8 Å². The van der Waals surface area contributed by atoms with Crippen LogP contribution in [0.2, 0.25) is 0 Å². The van der Waals surface area contributed by atoms with Crippen molar-refractivity contribution in [1.82, 2.24) is 14.3 Å². The Morgan fingerprint density at radius 2 is 2.07 bits per heavy atom. The molecule has 0 aromatic carbocycles. The van der Waals surface area contributed by atoms with E-state index in [1.54, 1.807) is 51.3 Å². The number of aromatic nitrogens is 2. The quantitative estimate of drug-likeness (QED) is 0.484. The predicted octanol–water partition coefficient (Wildman–Crippen LogP) is 4.85. The standard InChI is InChI=1S/C23H26FN3O2S/c1-4-11-22(6-3)30(28,29)27(17-15-24)21(5-2)14-9-7-8-13-20-18-19-12-10-16-25-23(19)26-20/h4-6,9-12,14,16,18H,7,15,17H2,1-3H3,(H,25,26)/b11-4-,14-9-,21-5+,22-6+. The van der Waals surface area contributed by atoms with Gasteiger partial charge in [-0.15, -0.1) is 0 Å². The summed E-state index contributed by atoms with van der Waals surface area (Å²) >= 11 is 0. The van der Waals surface area contributed by atoms with Crippen molar-refractivity contribution in [1.29, 1.82) is 0 Å². The molecule has 1 N–H and O–H groups in total. The first kappa shape index (κ1) is 23.2. The van der Waals surface area contributed by atoms with Crippen molar-refractivity contribution in [2.45, 2.75) is 27.2 Å². The molecule has 2 heterocycles. The Balaban J connectivity index is 2.16. The van der Waals surface area contributed by atoms with E-state index in [4.69, 9.17) is 0 Å². The molecular weight excluding hydrogens is 401 g/mol. The topological polar surface area (TPSA) is 66.1 Å². The van der Waals surface area contributed by atoms with E-state index in [0.717, 1.165) is 21.0 Å². The smallest absolute Gasteiger partial charge is 0.264 e. The Morgan fingerprint density at radius 1 is 1.27 bits per heavy atom. The SMILES string of the molecule is C/C=C\C(=C/C)S(=O)(=O)N(CCF)C(/C=C\CC#Cc1cc2cccnc2[nH]1)=C/C. The second-order valence-electron chi connectivity index (χ2n) is 6.20.